The molecule has 1 saturated heterocycles. The van der Waals surface area contributed by atoms with Crippen molar-refractivity contribution in [2.75, 3.05) is 6.54 Å². The van der Waals surface area contributed by atoms with E-state index in [4.69, 9.17) is 9.52 Å². The summed E-state index contributed by atoms with van der Waals surface area (Å²) < 4.78 is 6.32. The maximum absolute atomic E-state index is 13.6. The Bertz CT molecular complexity index is 1060. The zero-order valence-electron chi connectivity index (χ0n) is 18.5. The molecule has 4 atom stereocenters. The number of carbonyl (C=O) groups excluding carboxylic acids is 2. The zero-order valence-corrected chi connectivity index (χ0v) is 20.1. The van der Waals surface area contributed by atoms with Gasteiger partial charge in [-0.15, -0.1) is 0 Å². The number of aliphatic imine (C=N–C) groups is 1. The number of aliphatic hydroxyl groups is 1. The number of amidine groups is 1. The fraction of sp³-hybridized carbons (Fsp3) is 0.478. The van der Waals surface area contributed by atoms with E-state index in [1.54, 1.807) is 17.9 Å². The lowest BCUT2D eigenvalue weighted by Gasteiger charge is -2.29. The van der Waals surface area contributed by atoms with Crippen LogP contribution in [0.25, 0.3) is 0 Å². The second kappa shape index (κ2) is 8.44. The Morgan fingerprint density at radius 1 is 1.34 bits per heavy atom. The molecule has 0 aliphatic carbocycles. The number of aryl methyl sites for hydroxylation is 1. The van der Waals surface area contributed by atoms with Gasteiger partial charge in [0, 0.05) is 23.5 Å². The van der Waals surface area contributed by atoms with Gasteiger partial charge in [-0.05, 0) is 37.5 Å². The molecular weight excluding hydrogens is 476 g/mol. The minimum Gasteiger partial charge on any atom is -0.391 e. The molecule has 1 aromatic carbocycles. The van der Waals surface area contributed by atoms with Crippen molar-refractivity contribution < 1.29 is 19.2 Å². The fourth-order valence-electron chi connectivity index (χ4n) is 4.45. The highest BCUT2D eigenvalue weighted by Gasteiger charge is 2.48. The number of rotatable bonds is 5. The lowest BCUT2D eigenvalue weighted by molar-refractivity contribution is -0.134. The van der Waals surface area contributed by atoms with E-state index in [-0.39, 0.29) is 24.3 Å². The van der Waals surface area contributed by atoms with Crippen molar-refractivity contribution in [3.8, 4) is 0 Å². The van der Waals surface area contributed by atoms with Gasteiger partial charge in [-0.1, -0.05) is 47.1 Å². The standard InChI is InChI=1S/C23H27BrN4O4/c1-12(2)19(18-9-13(3)27-32-18)21(30)28-11-16(29)10-17(28)20-25-22(31)23(4,26-20)14-5-7-15(24)8-6-14/h5-9,12,16-17,19,29H,10-11H2,1-4H3,(H,25,26,31)/t16-,17-,19?,23?/m1/s1. The van der Waals surface area contributed by atoms with Crippen LogP contribution >= 0.6 is 15.9 Å². The van der Waals surface area contributed by atoms with Crippen molar-refractivity contribution in [3.05, 3.63) is 51.8 Å². The molecular formula is C23H27BrN4O4. The van der Waals surface area contributed by atoms with Gasteiger partial charge in [0.25, 0.3) is 5.91 Å². The molecule has 2 N–H and O–H groups in total. The SMILES string of the molecule is Cc1cc(C(C(=O)N2C[C@H](O)C[C@@H]2C2=NC(C)(c3ccc(Br)cc3)C(=O)N2)C(C)C)on1. The van der Waals surface area contributed by atoms with Crippen molar-refractivity contribution in [3.63, 3.8) is 0 Å². The van der Waals surface area contributed by atoms with Crippen LogP contribution in [-0.2, 0) is 15.1 Å². The van der Waals surface area contributed by atoms with E-state index in [1.807, 2.05) is 45.0 Å². The molecule has 3 heterocycles. The van der Waals surface area contributed by atoms with E-state index in [0.717, 1.165) is 10.0 Å². The zero-order chi connectivity index (χ0) is 23.2. The first-order chi connectivity index (χ1) is 15.1. The molecule has 2 unspecified atom stereocenters. The molecule has 2 amide bonds. The Hall–Kier alpha value is -2.52. The van der Waals surface area contributed by atoms with Crippen LogP contribution in [-0.4, -0.2) is 51.5 Å². The minimum atomic E-state index is -1.10. The lowest BCUT2D eigenvalue weighted by atomic mass is 9.91. The normalized spacial score (nSPS) is 26.4. The Morgan fingerprint density at radius 3 is 2.62 bits per heavy atom. The average Bonchev–Trinajstić information content (AvgIpc) is 3.40. The number of nitrogens with zero attached hydrogens (tertiary/aromatic N) is 3. The number of β-amino-alcohol motifs (C(OH)–C–C–N with tert-alkyl or cyclic N) is 1. The highest BCUT2D eigenvalue weighted by atomic mass is 79.9. The molecule has 2 aliphatic rings. The van der Waals surface area contributed by atoms with Crippen molar-refractivity contribution >= 4 is 33.6 Å². The number of hydrogen-bond donors (Lipinski definition) is 2. The monoisotopic (exact) mass is 502 g/mol. The van der Waals surface area contributed by atoms with E-state index < -0.39 is 23.6 Å². The van der Waals surface area contributed by atoms with Crippen LogP contribution in [0.5, 0.6) is 0 Å². The summed E-state index contributed by atoms with van der Waals surface area (Å²) in [5, 5.41) is 17.2. The van der Waals surface area contributed by atoms with Gasteiger partial charge in [0.05, 0.1) is 17.8 Å². The van der Waals surface area contributed by atoms with Gasteiger partial charge in [0.15, 0.2) is 5.54 Å². The van der Waals surface area contributed by atoms with Gasteiger partial charge in [-0.2, -0.15) is 0 Å². The molecule has 0 bridgehead atoms. The summed E-state index contributed by atoms with van der Waals surface area (Å²) in [5.74, 6) is -0.107. The molecule has 4 rings (SSSR count). The maximum Gasteiger partial charge on any atom is 0.257 e. The van der Waals surface area contributed by atoms with Crippen LogP contribution < -0.4 is 5.32 Å². The smallest absolute Gasteiger partial charge is 0.257 e. The van der Waals surface area contributed by atoms with E-state index >= 15 is 0 Å². The lowest BCUT2D eigenvalue weighted by Crippen LogP contribution is -2.48. The van der Waals surface area contributed by atoms with Gasteiger partial charge in [0.2, 0.25) is 5.91 Å². The fourth-order valence-corrected chi connectivity index (χ4v) is 4.71. The molecule has 2 aromatic rings. The van der Waals surface area contributed by atoms with E-state index in [1.165, 1.54) is 0 Å². The molecule has 0 radical (unpaired) electrons. The van der Waals surface area contributed by atoms with Crippen LogP contribution in [0.3, 0.4) is 0 Å². The van der Waals surface area contributed by atoms with Crippen molar-refractivity contribution in [1.29, 1.82) is 0 Å². The predicted octanol–water partition coefficient (Wildman–Crippen LogP) is 2.89. The maximum atomic E-state index is 13.6. The molecule has 0 spiro atoms. The molecule has 32 heavy (non-hydrogen) atoms. The number of benzene rings is 1. The summed E-state index contributed by atoms with van der Waals surface area (Å²) in [6.45, 7) is 7.62. The van der Waals surface area contributed by atoms with Crippen molar-refractivity contribution in [1.82, 2.24) is 15.4 Å². The first kappa shape index (κ1) is 22.7. The molecule has 1 aromatic heterocycles. The Kier molecular flexibility index (Phi) is 5.98. The van der Waals surface area contributed by atoms with Gasteiger partial charge < -0.3 is 19.8 Å². The molecule has 0 saturated carbocycles. The quantitative estimate of drug-likeness (QED) is 0.653. The Labute approximate surface area is 195 Å². The first-order valence-electron chi connectivity index (χ1n) is 10.7. The number of amides is 2. The predicted molar refractivity (Wildman–Crippen MR) is 122 cm³/mol. The third kappa shape index (κ3) is 3.99. The van der Waals surface area contributed by atoms with Gasteiger partial charge in [0.1, 0.15) is 17.5 Å². The summed E-state index contributed by atoms with van der Waals surface area (Å²) in [6.07, 6.45) is -0.394. The number of aliphatic hydroxyl groups excluding tert-OH is 1. The number of nitrogens with one attached hydrogen (secondary N) is 1. The molecule has 2 aliphatic heterocycles. The van der Waals surface area contributed by atoms with Gasteiger partial charge in [-0.3, -0.25) is 9.59 Å². The van der Waals surface area contributed by atoms with Crippen LogP contribution in [0.15, 0.2) is 44.3 Å². The van der Waals surface area contributed by atoms with Crippen LogP contribution in [0.1, 0.15) is 50.1 Å². The number of likely N-dealkylation sites (tertiary alicyclic amines) is 1. The van der Waals surface area contributed by atoms with Crippen LogP contribution in [0.4, 0.5) is 0 Å². The summed E-state index contributed by atoms with van der Waals surface area (Å²) in [6, 6.07) is 8.67. The van der Waals surface area contributed by atoms with Crippen LogP contribution in [0, 0.1) is 12.8 Å². The summed E-state index contributed by atoms with van der Waals surface area (Å²) >= 11 is 3.41. The number of aromatic nitrogens is 1. The molecule has 1 fully saturated rings. The van der Waals surface area contributed by atoms with E-state index in [0.29, 0.717) is 23.7 Å². The van der Waals surface area contributed by atoms with Gasteiger partial charge in [-0.25, -0.2) is 4.99 Å². The second-order valence-electron chi connectivity index (χ2n) is 9.02. The average molecular weight is 503 g/mol. The molecule has 8 nitrogen and oxygen atoms in total. The van der Waals surface area contributed by atoms with Crippen LogP contribution in [0.2, 0.25) is 0 Å². The molecule has 9 heteroatoms. The Balaban J connectivity index is 1.66. The van der Waals surface area contributed by atoms with E-state index in [2.05, 4.69) is 26.4 Å². The second-order valence-corrected chi connectivity index (χ2v) is 9.93. The largest absolute Gasteiger partial charge is 0.391 e. The van der Waals surface area contributed by atoms with E-state index in [9.17, 15) is 14.7 Å². The Morgan fingerprint density at radius 2 is 2.03 bits per heavy atom. The van der Waals surface area contributed by atoms with Crippen molar-refractivity contribution in [2.45, 2.75) is 57.7 Å². The van der Waals surface area contributed by atoms with Gasteiger partial charge >= 0.3 is 0 Å². The first-order valence-corrected chi connectivity index (χ1v) is 11.5. The number of halogens is 1. The number of hydrogen-bond acceptors (Lipinski definition) is 6. The summed E-state index contributed by atoms with van der Waals surface area (Å²) in [5.41, 5.74) is 0.355. The minimum absolute atomic E-state index is 0.0404. The molecule has 170 valence electrons. The topological polar surface area (TPSA) is 108 Å². The highest BCUT2D eigenvalue weighted by molar-refractivity contribution is 9.10. The van der Waals surface area contributed by atoms with Crippen molar-refractivity contribution in [2.24, 2.45) is 10.9 Å². The third-order valence-electron chi connectivity index (χ3n) is 6.20. The highest BCUT2D eigenvalue weighted by Crippen LogP contribution is 2.35. The summed E-state index contributed by atoms with van der Waals surface area (Å²) in [7, 11) is 0. The summed E-state index contributed by atoms with van der Waals surface area (Å²) in [4.78, 5) is 32.9. The number of carbonyl (C=O) groups is 2. The third-order valence-corrected chi connectivity index (χ3v) is 6.73.